The zero-order valence-electron chi connectivity index (χ0n) is 10.1. The molecular formula is C14H17N3. The Morgan fingerprint density at radius 3 is 3.00 bits per heavy atom. The van der Waals surface area contributed by atoms with Crippen LogP contribution in [-0.4, -0.2) is 9.55 Å². The van der Waals surface area contributed by atoms with Crippen molar-refractivity contribution in [3.63, 3.8) is 0 Å². The molecule has 0 saturated carbocycles. The maximum atomic E-state index is 5.99. The van der Waals surface area contributed by atoms with Gasteiger partial charge in [0, 0.05) is 30.4 Å². The number of aryl methyl sites for hydroxylation is 1. The molecule has 17 heavy (non-hydrogen) atoms. The van der Waals surface area contributed by atoms with Crippen molar-refractivity contribution in [2.75, 3.05) is 5.73 Å². The summed E-state index contributed by atoms with van der Waals surface area (Å²) in [6.45, 7) is 3.37. The number of imidazole rings is 1. The van der Waals surface area contributed by atoms with Gasteiger partial charge < -0.3 is 10.3 Å². The van der Waals surface area contributed by atoms with E-state index in [-0.39, 0.29) is 0 Å². The van der Waals surface area contributed by atoms with Gasteiger partial charge in [-0.05, 0) is 18.4 Å². The number of hydrogen-bond acceptors (Lipinski definition) is 2. The van der Waals surface area contributed by atoms with Crippen molar-refractivity contribution in [1.29, 1.82) is 0 Å². The first kappa shape index (κ1) is 10.4. The molecule has 3 nitrogen and oxygen atoms in total. The van der Waals surface area contributed by atoms with Gasteiger partial charge in [0.2, 0.25) is 0 Å². The molecule has 1 unspecified atom stereocenters. The monoisotopic (exact) mass is 227 g/mol. The minimum Gasteiger partial charge on any atom is -0.398 e. The van der Waals surface area contributed by atoms with Crippen molar-refractivity contribution in [2.24, 2.45) is 5.92 Å². The first-order valence-electron chi connectivity index (χ1n) is 6.15. The number of fused-ring (bicyclic) bond motifs is 1. The van der Waals surface area contributed by atoms with Crippen LogP contribution in [-0.2, 0) is 13.0 Å². The van der Waals surface area contributed by atoms with E-state index in [1.807, 2.05) is 24.3 Å². The standard InChI is InChI=1S/C14H17N3/c1-10-6-7-17-9-13(16-14(17)8-10)11-4-2-3-5-12(11)15/h2-5,9-10H,6-8,15H2,1H3. The Morgan fingerprint density at radius 1 is 1.35 bits per heavy atom. The fourth-order valence-electron chi connectivity index (χ4n) is 2.44. The van der Waals surface area contributed by atoms with Crippen molar-refractivity contribution in [2.45, 2.75) is 26.3 Å². The Hall–Kier alpha value is -1.77. The lowest BCUT2D eigenvalue weighted by Gasteiger charge is -2.18. The highest BCUT2D eigenvalue weighted by molar-refractivity contribution is 5.73. The molecule has 2 N–H and O–H groups in total. The van der Waals surface area contributed by atoms with E-state index in [4.69, 9.17) is 10.7 Å². The second-order valence-corrected chi connectivity index (χ2v) is 4.92. The molecule has 1 aromatic heterocycles. The molecule has 0 saturated heterocycles. The van der Waals surface area contributed by atoms with E-state index in [2.05, 4.69) is 17.7 Å². The zero-order valence-corrected chi connectivity index (χ0v) is 10.1. The van der Waals surface area contributed by atoms with Crippen molar-refractivity contribution in [1.82, 2.24) is 9.55 Å². The Balaban J connectivity index is 2.03. The van der Waals surface area contributed by atoms with Gasteiger partial charge in [-0.3, -0.25) is 0 Å². The summed E-state index contributed by atoms with van der Waals surface area (Å²) in [7, 11) is 0. The molecule has 0 radical (unpaired) electrons. The summed E-state index contributed by atoms with van der Waals surface area (Å²) in [4.78, 5) is 4.72. The average Bonchev–Trinajstić information content (AvgIpc) is 2.72. The van der Waals surface area contributed by atoms with E-state index in [0.717, 1.165) is 35.8 Å². The SMILES string of the molecule is CC1CCn2cc(-c3ccccc3N)nc2C1. The van der Waals surface area contributed by atoms with Crippen LogP contribution < -0.4 is 5.73 Å². The summed E-state index contributed by atoms with van der Waals surface area (Å²) in [5.74, 6) is 1.94. The van der Waals surface area contributed by atoms with E-state index < -0.39 is 0 Å². The lowest BCUT2D eigenvalue weighted by atomic mass is 10.0. The van der Waals surface area contributed by atoms with Crippen LogP contribution in [0.5, 0.6) is 0 Å². The summed E-state index contributed by atoms with van der Waals surface area (Å²) >= 11 is 0. The van der Waals surface area contributed by atoms with Gasteiger partial charge in [-0.1, -0.05) is 25.1 Å². The fraction of sp³-hybridized carbons (Fsp3) is 0.357. The molecule has 0 amide bonds. The molecule has 3 rings (SSSR count). The molecule has 0 aliphatic carbocycles. The Bertz CT molecular complexity index is 542. The number of hydrogen-bond donors (Lipinski definition) is 1. The summed E-state index contributed by atoms with van der Waals surface area (Å²) in [5, 5.41) is 0. The predicted molar refractivity (Wildman–Crippen MR) is 69.6 cm³/mol. The largest absolute Gasteiger partial charge is 0.398 e. The second-order valence-electron chi connectivity index (χ2n) is 4.92. The third-order valence-corrected chi connectivity index (χ3v) is 3.49. The Morgan fingerprint density at radius 2 is 2.18 bits per heavy atom. The van der Waals surface area contributed by atoms with Crippen LogP contribution in [0.3, 0.4) is 0 Å². The number of nitrogens with zero attached hydrogens (tertiary/aromatic N) is 2. The normalized spacial score (nSPS) is 19.0. The van der Waals surface area contributed by atoms with Crippen molar-refractivity contribution >= 4 is 5.69 Å². The van der Waals surface area contributed by atoms with Crippen molar-refractivity contribution < 1.29 is 0 Å². The Kier molecular flexibility index (Phi) is 2.39. The highest BCUT2D eigenvalue weighted by atomic mass is 15.1. The third kappa shape index (κ3) is 1.82. The van der Waals surface area contributed by atoms with Gasteiger partial charge in [0.15, 0.2) is 0 Å². The fourth-order valence-corrected chi connectivity index (χ4v) is 2.44. The maximum Gasteiger partial charge on any atom is 0.109 e. The van der Waals surface area contributed by atoms with Gasteiger partial charge in [0.1, 0.15) is 5.82 Å². The van der Waals surface area contributed by atoms with E-state index in [0.29, 0.717) is 0 Å². The topological polar surface area (TPSA) is 43.8 Å². The molecule has 2 heterocycles. The lowest BCUT2D eigenvalue weighted by molar-refractivity contribution is 0.409. The summed E-state index contributed by atoms with van der Waals surface area (Å²) in [6, 6.07) is 7.92. The summed E-state index contributed by atoms with van der Waals surface area (Å²) in [6.07, 6.45) is 4.45. The molecule has 0 spiro atoms. The van der Waals surface area contributed by atoms with E-state index in [1.54, 1.807) is 0 Å². The smallest absolute Gasteiger partial charge is 0.109 e. The molecule has 0 bridgehead atoms. The highest BCUT2D eigenvalue weighted by Crippen LogP contribution is 2.27. The van der Waals surface area contributed by atoms with Crippen LogP contribution in [0.15, 0.2) is 30.5 Å². The first-order valence-corrected chi connectivity index (χ1v) is 6.15. The van der Waals surface area contributed by atoms with E-state index in [9.17, 15) is 0 Å². The maximum absolute atomic E-state index is 5.99. The molecular weight excluding hydrogens is 210 g/mol. The van der Waals surface area contributed by atoms with Crippen LogP contribution in [0.1, 0.15) is 19.2 Å². The van der Waals surface area contributed by atoms with Crippen molar-refractivity contribution in [3.8, 4) is 11.3 Å². The van der Waals surface area contributed by atoms with Crippen LogP contribution in [0, 0.1) is 5.92 Å². The molecule has 2 aromatic rings. The third-order valence-electron chi connectivity index (χ3n) is 3.49. The number of aromatic nitrogens is 2. The number of para-hydroxylation sites is 1. The Labute approximate surface area is 101 Å². The minimum absolute atomic E-state index is 0.742. The molecule has 0 fully saturated rings. The lowest BCUT2D eigenvalue weighted by Crippen LogP contribution is -2.16. The van der Waals surface area contributed by atoms with Crippen LogP contribution in [0.4, 0.5) is 5.69 Å². The number of rotatable bonds is 1. The van der Waals surface area contributed by atoms with Gasteiger partial charge in [-0.15, -0.1) is 0 Å². The van der Waals surface area contributed by atoms with Crippen molar-refractivity contribution in [3.05, 3.63) is 36.3 Å². The number of nitrogen functional groups attached to an aromatic ring is 1. The van der Waals surface area contributed by atoms with Gasteiger partial charge in [0.25, 0.3) is 0 Å². The quantitative estimate of drug-likeness (QED) is 0.761. The van der Waals surface area contributed by atoms with Crippen LogP contribution in [0.25, 0.3) is 11.3 Å². The molecule has 1 aliphatic heterocycles. The number of benzene rings is 1. The van der Waals surface area contributed by atoms with Gasteiger partial charge >= 0.3 is 0 Å². The molecule has 1 aliphatic rings. The van der Waals surface area contributed by atoms with Gasteiger partial charge in [-0.2, -0.15) is 0 Å². The summed E-state index contributed by atoms with van der Waals surface area (Å²) < 4.78 is 2.27. The number of anilines is 1. The highest BCUT2D eigenvalue weighted by Gasteiger charge is 2.18. The molecule has 1 aromatic carbocycles. The second kappa shape index (κ2) is 3.91. The first-order chi connectivity index (χ1) is 8.24. The average molecular weight is 227 g/mol. The van der Waals surface area contributed by atoms with Crippen LogP contribution >= 0.6 is 0 Å². The molecule has 3 heteroatoms. The zero-order chi connectivity index (χ0) is 11.8. The summed E-state index contributed by atoms with van der Waals surface area (Å²) in [5.41, 5.74) is 8.84. The van der Waals surface area contributed by atoms with Gasteiger partial charge in [-0.25, -0.2) is 4.98 Å². The van der Waals surface area contributed by atoms with Gasteiger partial charge in [0.05, 0.1) is 5.69 Å². The predicted octanol–water partition coefficient (Wildman–Crippen LogP) is 2.71. The molecule has 1 atom stereocenters. The minimum atomic E-state index is 0.742. The van der Waals surface area contributed by atoms with Crippen LogP contribution in [0.2, 0.25) is 0 Å². The van der Waals surface area contributed by atoms with E-state index in [1.165, 1.54) is 12.2 Å². The van der Waals surface area contributed by atoms with E-state index >= 15 is 0 Å². The molecule has 88 valence electrons. The number of nitrogens with two attached hydrogens (primary N) is 1.